The highest BCUT2D eigenvalue weighted by Gasteiger charge is 2.46. The number of hydrogen-bond donors (Lipinski definition) is 2. The van der Waals surface area contributed by atoms with Gasteiger partial charge in [0.05, 0.1) is 5.54 Å². The molecule has 6 heteroatoms. The zero-order valence-electron chi connectivity index (χ0n) is 12.4. The zero-order chi connectivity index (χ0) is 14.9. The lowest BCUT2D eigenvalue weighted by Crippen LogP contribution is -2.50. The summed E-state index contributed by atoms with van der Waals surface area (Å²) in [7, 11) is 0. The summed E-state index contributed by atoms with van der Waals surface area (Å²) >= 11 is 6.13. The van der Waals surface area contributed by atoms with Gasteiger partial charge in [-0.25, -0.2) is 0 Å². The molecule has 122 valence electrons. The van der Waals surface area contributed by atoms with E-state index in [4.69, 9.17) is 22.1 Å². The Morgan fingerprint density at radius 2 is 1.95 bits per heavy atom. The highest BCUT2D eigenvalue weighted by molar-refractivity contribution is 6.30. The maximum absolute atomic E-state index is 12.1. The van der Waals surface area contributed by atoms with Crippen LogP contribution in [-0.2, 0) is 14.9 Å². The summed E-state index contributed by atoms with van der Waals surface area (Å²) in [5, 5.41) is 3.78. The number of amides is 1. The van der Waals surface area contributed by atoms with Crippen LogP contribution in [0.25, 0.3) is 0 Å². The number of nitrogens with one attached hydrogen (secondary N) is 1. The molecule has 2 fully saturated rings. The van der Waals surface area contributed by atoms with Crippen molar-refractivity contribution in [1.82, 2.24) is 5.32 Å². The Hall–Kier alpha value is -0.810. The lowest BCUT2D eigenvalue weighted by Gasteiger charge is -2.38. The van der Waals surface area contributed by atoms with Gasteiger partial charge in [-0.3, -0.25) is 4.79 Å². The van der Waals surface area contributed by atoms with E-state index in [1.165, 1.54) is 5.56 Å². The minimum Gasteiger partial charge on any atom is -0.381 e. The summed E-state index contributed by atoms with van der Waals surface area (Å²) in [5.74, 6) is -0.0320. The molecule has 1 aromatic carbocycles. The molecular weight excluding hydrogens is 323 g/mol. The summed E-state index contributed by atoms with van der Waals surface area (Å²) < 4.78 is 5.49. The molecule has 2 aliphatic rings. The third-order valence-electron chi connectivity index (χ3n) is 4.72. The van der Waals surface area contributed by atoms with Crippen LogP contribution >= 0.6 is 24.0 Å². The Morgan fingerprint density at radius 1 is 1.27 bits per heavy atom. The van der Waals surface area contributed by atoms with Crippen LogP contribution in [0.1, 0.15) is 31.2 Å². The zero-order valence-corrected chi connectivity index (χ0v) is 14.0. The van der Waals surface area contributed by atoms with Crippen molar-refractivity contribution in [2.45, 2.75) is 36.6 Å². The summed E-state index contributed by atoms with van der Waals surface area (Å²) in [6.07, 6.45) is 3.33. The molecule has 3 N–H and O–H groups in total. The van der Waals surface area contributed by atoms with E-state index >= 15 is 0 Å². The molecular formula is C16H22Cl2N2O2. The molecule has 1 aromatic rings. The molecule has 1 aliphatic carbocycles. The molecule has 1 heterocycles. The molecule has 1 aliphatic heterocycles. The van der Waals surface area contributed by atoms with Gasteiger partial charge in [0.2, 0.25) is 5.91 Å². The van der Waals surface area contributed by atoms with E-state index in [1.807, 2.05) is 18.2 Å². The number of hydrogen-bond acceptors (Lipinski definition) is 3. The number of rotatable bonds is 4. The Morgan fingerprint density at radius 3 is 2.55 bits per heavy atom. The Labute approximate surface area is 142 Å². The van der Waals surface area contributed by atoms with Crippen molar-refractivity contribution in [2.24, 2.45) is 5.73 Å². The van der Waals surface area contributed by atoms with Gasteiger partial charge in [-0.1, -0.05) is 23.7 Å². The van der Waals surface area contributed by atoms with E-state index < -0.39 is 5.54 Å². The SMILES string of the molecule is Cl.NC1(C(=O)NCC2(c3cccc(Cl)c3)CCOCC2)CC1. The van der Waals surface area contributed by atoms with Gasteiger partial charge >= 0.3 is 0 Å². The third kappa shape index (κ3) is 3.57. The quantitative estimate of drug-likeness (QED) is 0.881. The minimum atomic E-state index is -0.624. The molecule has 1 saturated carbocycles. The van der Waals surface area contributed by atoms with E-state index in [0.717, 1.165) is 30.7 Å². The van der Waals surface area contributed by atoms with Gasteiger partial charge in [0.1, 0.15) is 0 Å². The van der Waals surface area contributed by atoms with Crippen molar-refractivity contribution in [3.8, 4) is 0 Å². The maximum Gasteiger partial charge on any atom is 0.240 e. The van der Waals surface area contributed by atoms with Crippen LogP contribution < -0.4 is 11.1 Å². The fourth-order valence-corrected chi connectivity index (χ4v) is 3.13. The van der Waals surface area contributed by atoms with Gasteiger partial charge in [0.15, 0.2) is 0 Å². The van der Waals surface area contributed by atoms with E-state index in [1.54, 1.807) is 0 Å². The highest BCUT2D eigenvalue weighted by atomic mass is 35.5. The molecule has 4 nitrogen and oxygen atoms in total. The molecule has 0 spiro atoms. The maximum atomic E-state index is 12.1. The largest absolute Gasteiger partial charge is 0.381 e. The predicted octanol–water partition coefficient (Wildman–Crippen LogP) is 2.42. The van der Waals surface area contributed by atoms with Gasteiger partial charge in [0, 0.05) is 30.2 Å². The van der Waals surface area contributed by atoms with Crippen LogP contribution in [0, 0.1) is 0 Å². The number of carbonyl (C=O) groups is 1. The number of ether oxygens (including phenoxy) is 1. The van der Waals surface area contributed by atoms with E-state index in [0.29, 0.717) is 19.8 Å². The van der Waals surface area contributed by atoms with E-state index in [9.17, 15) is 4.79 Å². The second kappa shape index (κ2) is 6.75. The molecule has 22 heavy (non-hydrogen) atoms. The first-order valence-corrected chi connectivity index (χ1v) is 7.83. The van der Waals surface area contributed by atoms with Crippen molar-refractivity contribution in [2.75, 3.05) is 19.8 Å². The van der Waals surface area contributed by atoms with Crippen molar-refractivity contribution < 1.29 is 9.53 Å². The fourth-order valence-electron chi connectivity index (χ4n) is 2.94. The topological polar surface area (TPSA) is 64.4 Å². The van der Waals surface area contributed by atoms with Crippen LogP contribution in [0.2, 0.25) is 5.02 Å². The van der Waals surface area contributed by atoms with Gasteiger partial charge in [-0.15, -0.1) is 12.4 Å². The normalized spacial score (nSPS) is 21.5. The standard InChI is InChI=1S/C16H21ClN2O2.ClH/c17-13-3-1-2-12(10-13)15(6-8-21-9-7-15)11-19-14(20)16(18)4-5-16;/h1-3,10H,4-9,11,18H2,(H,19,20);1H. The molecule has 0 bridgehead atoms. The van der Waals surface area contributed by atoms with Gasteiger partial charge < -0.3 is 15.8 Å². The number of benzene rings is 1. The van der Waals surface area contributed by atoms with Crippen molar-refractivity contribution in [3.63, 3.8) is 0 Å². The summed E-state index contributed by atoms with van der Waals surface area (Å²) in [6.45, 7) is 2.00. The molecule has 0 aromatic heterocycles. The molecule has 0 radical (unpaired) electrons. The predicted molar refractivity (Wildman–Crippen MR) is 89.6 cm³/mol. The summed E-state index contributed by atoms with van der Waals surface area (Å²) in [4.78, 5) is 12.1. The lowest BCUT2D eigenvalue weighted by molar-refractivity contribution is -0.123. The van der Waals surface area contributed by atoms with Gasteiger partial charge in [-0.2, -0.15) is 0 Å². The fraction of sp³-hybridized carbons (Fsp3) is 0.562. The lowest BCUT2D eigenvalue weighted by atomic mass is 9.74. The number of carbonyl (C=O) groups excluding carboxylic acids is 1. The average molecular weight is 345 g/mol. The third-order valence-corrected chi connectivity index (χ3v) is 4.95. The Kier molecular flexibility index (Phi) is 5.38. The van der Waals surface area contributed by atoms with Crippen LogP contribution in [0.3, 0.4) is 0 Å². The number of halogens is 2. The molecule has 1 saturated heterocycles. The van der Waals surface area contributed by atoms with Crippen LogP contribution in [0.15, 0.2) is 24.3 Å². The molecule has 1 amide bonds. The molecule has 3 rings (SSSR count). The van der Waals surface area contributed by atoms with Crippen molar-refractivity contribution >= 4 is 29.9 Å². The number of nitrogens with two attached hydrogens (primary N) is 1. The molecule has 0 atom stereocenters. The second-order valence-electron chi connectivity index (χ2n) is 6.24. The van der Waals surface area contributed by atoms with Gasteiger partial charge in [0.25, 0.3) is 0 Å². The van der Waals surface area contributed by atoms with Crippen molar-refractivity contribution in [1.29, 1.82) is 0 Å². The van der Waals surface area contributed by atoms with Crippen LogP contribution in [-0.4, -0.2) is 31.2 Å². The Bertz CT molecular complexity index is 541. The van der Waals surface area contributed by atoms with E-state index in [-0.39, 0.29) is 23.7 Å². The highest BCUT2D eigenvalue weighted by Crippen LogP contribution is 2.36. The van der Waals surface area contributed by atoms with Crippen LogP contribution in [0.5, 0.6) is 0 Å². The van der Waals surface area contributed by atoms with Gasteiger partial charge in [-0.05, 0) is 43.4 Å². The average Bonchev–Trinajstić information content (AvgIpc) is 3.25. The first-order chi connectivity index (χ1) is 10.0. The van der Waals surface area contributed by atoms with Crippen molar-refractivity contribution in [3.05, 3.63) is 34.9 Å². The first kappa shape index (κ1) is 17.5. The summed E-state index contributed by atoms with van der Waals surface area (Å²) in [6, 6.07) is 7.91. The minimum absolute atomic E-state index is 0. The molecule has 0 unspecified atom stereocenters. The van der Waals surface area contributed by atoms with E-state index in [2.05, 4.69) is 11.4 Å². The smallest absolute Gasteiger partial charge is 0.240 e. The summed E-state index contributed by atoms with van der Waals surface area (Å²) in [5.41, 5.74) is 6.39. The Balaban J connectivity index is 0.00000176. The van der Waals surface area contributed by atoms with Crippen LogP contribution in [0.4, 0.5) is 0 Å². The second-order valence-corrected chi connectivity index (χ2v) is 6.68. The monoisotopic (exact) mass is 344 g/mol. The first-order valence-electron chi connectivity index (χ1n) is 7.45.